The average molecular weight is 308 g/mol. The summed E-state index contributed by atoms with van der Waals surface area (Å²) in [4.78, 5) is 11.3. The van der Waals surface area contributed by atoms with Gasteiger partial charge in [-0.3, -0.25) is 4.79 Å². The first-order valence-electron chi connectivity index (χ1n) is 8.30. The van der Waals surface area contributed by atoms with Crippen LogP contribution in [0.1, 0.15) is 49.5 Å². The minimum absolute atomic E-state index is 0.101. The minimum atomic E-state index is 0.101. The summed E-state index contributed by atoms with van der Waals surface area (Å²) in [5.41, 5.74) is 4.20. The molecule has 1 aliphatic carbocycles. The van der Waals surface area contributed by atoms with Crippen molar-refractivity contribution < 1.29 is 9.53 Å². The molecule has 2 aromatic rings. The van der Waals surface area contributed by atoms with Gasteiger partial charge in [-0.1, -0.05) is 45.0 Å². The Morgan fingerprint density at radius 2 is 1.87 bits per heavy atom. The molecule has 0 amide bonds. The molecule has 2 heteroatoms. The second kappa shape index (κ2) is 6.19. The van der Waals surface area contributed by atoms with Crippen LogP contribution in [0.15, 0.2) is 42.5 Å². The van der Waals surface area contributed by atoms with Crippen LogP contribution in [0.2, 0.25) is 0 Å². The second-order valence-corrected chi connectivity index (χ2v) is 7.49. The van der Waals surface area contributed by atoms with Crippen LogP contribution in [-0.4, -0.2) is 12.9 Å². The van der Waals surface area contributed by atoms with E-state index in [1.165, 1.54) is 18.4 Å². The second-order valence-electron chi connectivity index (χ2n) is 7.49. The normalized spacial score (nSPS) is 14.6. The molecule has 0 N–H and O–H groups in total. The fourth-order valence-corrected chi connectivity index (χ4v) is 2.60. The standard InChI is InChI=1S/C21H24O2/c1-21(2,3)19-6-4-5-17(11-19)18-9-16(13-22)10-20(12-18)23-14-15-7-8-15/h4-6,9-13,15H,7-8,14H2,1-3H3. The van der Waals surface area contributed by atoms with E-state index in [1.54, 1.807) is 0 Å². The first kappa shape index (κ1) is 15.8. The molecule has 0 unspecified atom stereocenters. The Kier molecular flexibility index (Phi) is 4.25. The Morgan fingerprint density at radius 1 is 1.09 bits per heavy atom. The van der Waals surface area contributed by atoms with Crippen molar-refractivity contribution in [1.82, 2.24) is 0 Å². The molecule has 1 fully saturated rings. The molecule has 0 aliphatic heterocycles. The summed E-state index contributed by atoms with van der Waals surface area (Å²) in [6.07, 6.45) is 3.41. The van der Waals surface area contributed by atoms with E-state index in [-0.39, 0.29) is 5.41 Å². The van der Waals surface area contributed by atoms with Gasteiger partial charge in [-0.05, 0) is 59.1 Å². The Morgan fingerprint density at radius 3 is 2.52 bits per heavy atom. The van der Waals surface area contributed by atoms with Crippen LogP contribution < -0.4 is 4.74 Å². The Bertz CT molecular complexity index is 706. The largest absolute Gasteiger partial charge is 0.493 e. The molecule has 0 spiro atoms. The fourth-order valence-electron chi connectivity index (χ4n) is 2.60. The van der Waals surface area contributed by atoms with E-state index in [0.29, 0.717) is 11.5 Å². The zero-order valence-corrected chi connectivity index (χ0v) is 14.1. The molecule has 1 saturated carbocycles. The van der Waals surface area contributed by atoms with Gasteiger partial charge in [-0.25, -0.2) is 0 Å². The van der Waals surface area contributed by atoms with E-state index in [1.807, 2.05) is 18.2 Å². The molecular formula is C21H24O2. The first-order valence-corrected chi connectivity index (χ1v) is 8.30. The van der Waals surface area contributed by atoms with Crippen LogP contribution in [-0.2, 0) is 5.41 Å². The van der Waals surface area contributed by atoms with Gasteiger partial charge in [0.25, 0.3) is 0 Å². The van der Waals surface area contributed by atoms with E-state index < -0.39 is 0 Å². The van der Waals surface area contributed by atoms with Gasteiger partial charge < -0.3 is 4.74 Å². The number of carbonyl (C=O) groups excluding carboxylic acids is 1. The summed E-state index contributed by atoms with van der Waals surface area (Å²) in [7, 11) is 0. The van der Waals surface area contributed by atoms with Crippen LogP contribution in [0, 0.1) is 5.92 Å². The number of carbonyl (C=O) groups is 1. The van der Waals surface area contributed by atoms with Gasteiger partial charge >= 0.3 is 0 Å². The van der Waals surface area contributed by atoms with Crippen LogP contribution in [0.25, 0.3) is 11.1 Å². The average Bonchev–Trinajstić information content (AvgIpc) is 3.36. The van der Waals surface area contributed by atoms with Crippen molar-refractivity contribution in [3.63, 3.8) is 0 Å². The molecule has 0 saturated heterocycles. The zero-order valence-electron chi connectivity index (χ0n) is 14.1. The number of benzene rings is 2. The SMILES string of the molecule is CC(C)(C)c1cccc(-c2cc(C=O)cc(OCC3CC3)c2)c1. The molecule has 0 radical (unpaired) electrons. The van der Waals surface area contributed by atoms with Crippen molar-refractivity contribution in [2.75, 3.05) is 6.61 Å². The molecule has 0 aromatic heterocycles. The lowest BCUT2D eigenvalue weighted by Gasteiger charge is -2.20. The molecule has 0 atom stereocenters. The molecule has 3 rings (SSSR count). The summed E-state index contributed by atoms with van der Waals surface area (Å²) in [6, 6.07) is 14.3. The van der Waals surface area contributed by atoms with Crippen LogP contribution in [0.3, 0.4) is 0 Å². The van der Waals surface area contributed by atoms with Crippen molar-refractivity contribution in [1.29, 1.82) is 0 Å². The maximum absolute atomic E-state index is 11.3. The van der Waals surface area contributed by atoms with Crippen molar-refractivity contribution in [2.45, 2.75) is 39.0 Å². The molecular weight excluding hydrogens is 284 g/mol. The quantitative estimate of drug-likeness (QED) is 0.705. The highest BCUT2D eigenvalue weighted by atomic mass is 16.5. The monoisotopic (exact) mass is 308 g/mol. The maximum Gasteiger partial charge on any atom is 0.150 e. The highest BCUT2D eigenvalue weighted by molar-refractivity contribution is 5.80. The Balaban J connectivity index is 1.94. The lowest BCUT2D eigenvalue weighted by atomic mass is 9.85. The summed E-state index contributed by atoms with van der Waals surface area (Å²) in [5.74, 6) is 1.49. The number of rotatable bonds is 5. The smallest absolute Gasteiger partial charge is 0.150 e. The molecule has 2 nitrogen and oxygen atoms in total. The van der Waals surface area contributed by atoms with Crippen molar-refractivity contribution in [3.8, 4) is 16.9 Å². The van der Waals surface area contributed by atoms with Gasteiger partial charge in [0.2, 0.25) is 0 Å². The molecule has 23 heavy (non-hydrogen) atoms. The van der Waals surface area contributed by atoms with Gasteiger partial charge in [0, 0.05) is 5.56 Å². The molecule has 1 aliphatic rings. The van der Waals surface area contributed by atoms with Gasteiger partial charge in [0.15, 0.2) is 0 Å². The third-order valence-corrected chi connectivity index (χ3v) is 4.31. The predicted octanol–water partition coefficient (Wildman–Crippen LogP) is 5.25. The predicted molar refractivity (Wildman–Crippen MR) is 94.2 cm³/mol. The summed E-state index contributed by atoms with van der Waals surface area (Å²) < 4.78 is 5.87. The van der Waals surface area contributed by atoms with Crippen molar-refractivity contribution in [2.24, 2.45) is 5.92 Å². The number of aldehydes is 1. The number of hydrogen-bond donors (Lipinski definition) is 0. The third-order valence-electron chi connectivity index (χ3n) is 4.31. The Labute approximate surface area is 138 Å². The zero-order chi connectivity index (χ0) is 16.4. The summed E-state index contributed by atoms with van der Waals surface area (Å²) in [6.45, 7) is 7.37. The molecule has 120 valence electrons. The van der Waals surface area contributed by atoms with E-state index in [4.69, 9.17) is 4.74 Å². The van der Waals surface area contributed by atoms with E-state index >= 15 is 0 Å². The van der Waals surface area contributed by atoms with Crippen molar-refractivity contribution >= 4 is 6.29 Å². The fraction of sp³-hybridized carbons (Fsp3) is 0.381. The van der Waals surface area contributed by atoms with Gasteiger partial charge in [-0.15, -0.1) is 0 Å². The molecule has 0 bridgehead atoms. The highest BCUT2D eigenvalue weighted by Crippen LogP contribution is 2.32. The van der Waals surface area contributed by atoms with Crippen LogP contribution >= 0.6 is 0 Å². The molecule has 2 aromatic carbocycles. The topological polar surface area (TPSA) is 26.3 Å². The lowest BCUT2D eigenvalue weighted by Crippen LogP contribution is -2.10. The molecule has 0 heterocycles. The van der Waals surface area contributed by atoms with E-state index in [9.17, 15) is 4.79 Å². The van der Waals surface area contributed by atoms with Crippen molar-refractivity contribution in [3.05, 3.63) is 53.6 Å². The van der Waals surface area contributed by atoms with Crippen LogP contribution in [0.5, 0.6) is 5.75 Å². The third kappa shape index (κ3) is 4.01. The van der Waals surface area contributed by atoms with Gasteiger partial charge in [-0.2, -0.15) is 0 Å². The minimum Gasteiger partial charge on any atom is -0.493 e. The summed E-state index contributed by atoms with van der Waals surface area (Å²) in [5, 5.41) is 0. The Hall–Kier alpha value is -2.09. The number of ether oxygens (including phenoxy) is 1. The lowest BCUT2D eigenvalue weighted by molar-refractivity contribution is 0.112. The van der Waals surface area contributed by atoms with Gasteiger partial charge in [0.05, 0.1) is 6.61 Å². The number of hydrogen-bond acceptors (Lipinski definition) is 2. The van der Waals surface area contributed by atoms with E-state index in [0.717, 1.165) is 29.8 Å². The van der Waals surface area contributed by atoms with E-state index in [2.05, 4.69) is 45.0 Å². The maximum atomic E-state index is 11.3. The van der Waals surface area contributed by atoms with Gasteiger partial charge in [0.1, 0.15) is 12.0 Å². The highest BCUT2D eigenvalue weighted by Gasteiger charge is 2.22. The van der Waals surface area contributed by atoms with Crippen LogP contribution in [0.4, 0.5) is 0 Å². The first-order chi connectivity index (χ1) is 11.0. The summed E-state index contributed by atoms with van der Waals surface area (Å²) >= 11 is 0.